The lowest BCUT2D eigenvalue weighted by Crippen LogP contribution is -2.20. The van der Waals surface area contributed by atoms with E-state index in [1.54, 1.807) is 6.07 Å². The Morgan fingerprint density at radius 2 is 2.19 bits per heavy atom. The van der Waals surface area contributed by atoms with E-state index in [9.17, 15) is 4.39 Å². The molecule has 0 bridgehead atoms. The van der Waals surface area contributed by atoms with E-state index in [0.717, 1.165) is 27.8 Å². The molecule has 114 valence electrons. The van der Waals surface area contributed by atoms with Crippen LogP contribution in [0, 0.1) is 5.82 Å². The monoisotopic (exact) mass is 373 g/mol. The van der Waals surface area contributed by atoms with E-state index in [1.807, 2.05) is 24.8 Å². The molecule has 0 saturated heterocycles. The summed E-state index contributed by atoms with van der Waals surface area (Å²) in [5.41, 5.74) is 2.98. The molecule has 6 heteroatoms. The Hall–Kier alpha value is -0.910. The van der Waals surface area contributed by atoms with Crippen LogP contribution in [0.5, 0.6) is 0 Å². The Bertz CT molecular complexity index is 642. The van der Waals surface area contributed by atoms with Gasteiger partial charge in [0.2, 0.25) is 0 Å². The maximum absolute atomic E-state index is 13.6. The van der Waals surface area contributed by atoms with E-state index in [-0.39, 0.29) is 11.1 Å². The van der Waals surface area contributed by atoms with Crippen LogP contribution in [-0.4, -0.2) is 16.8 Å². The van der Waals surface area contributed by atoms with E-state index in [0.29, 0.717) is 6.42 Å². The van der Waals surface area contributed by atoms with Crippen LogP contribution < -0.4 is 5.32 Å². The van der Waals surface area contributed by atoms with Crippen molar-refractivity contribution >= 4 is 27.5 Å². The van der Waals surface area contributed by atoms with Crippen molar-refractivity contribution in [1.29, 1.82) is 0 Å². The first-order valence-corrected chi connectivity index (χ1v) is 7.97. The first-order valence-electron chi connectivity index (χ1n) is 6.80. The van der Waals surface area contributed by atoms with Gasteiger partial charge in [0, 0.05) is 19.5 Å². The molecule has 1 heterocycles. The lowest BCUT2D eigenvalue weighted by molar-refractivity contribution is 0.552. The Labute approximate surface area is 137 Å². The molecule has 0 amide bonds. The zero-order valence-electron chi connectivity index (χ0n) is 12.3. The summed E-state index contributed by atoms with van der Waals surface area (Å²) >= 11 is 9.36. The molecule has 0 spiro atoms. The molecule has 1 N–H and O–H groups in total. The van der Waals surface area contributed by atoms with Crippen molar-refractivity contribution in [2.24, 2.45) is 7.05 Å². The zero-order valence-corrected chi connectivity index (χ0v) is 14.6. The van der Waals surface area contributed by atoms with Gasteiger partial charge in [0.15, 0.2) is 0 Å². The number of benzene rings is 1. The van der Waals surface area contributed by atoms with E-state index in [1.165, 1.54) is 6.07 Å². The highest BCUT2D eigenvalue weighted by molar-refractivity contribution is 9.10. The number of aromatic nitrogens is 2. The molecule has 0 aliphatic heterocycles. The molecule has 0 saturated carbocycles. The van der Waals surface area contributed by atoms with Crippen molar-refractivity contribution in [2.75, 3.05) is 7.05 Å². The molecule has 0 fully saturated rings. The van der Waals surface area contributed by atoms with Crippen molar-refractivity contribution in [3.05, 3.63) is 50.5 Å². The highest BCUT2D eigenvalue weighted by atomic mass is 79.9. The third kappa shape index (κ3) is 3.47. The lowest BCUT2D eigenvalue weighted by Gasteiger charge is -2.17. The van der Waals surface area contributed by atoms with E-state index in [4.69, 9.17) is 11.6 Å². The van der Waals surface area contributed by atoms with Crippen LogP contribution in [0.25, 0.3) is 0 Å². The second-order valence-electron chi connectivity index (χ2n) is 4.90. The Morgan fingerprint density at radius 1 is 1.48 bits per heavy atom. The minimum Gasteiger partial charge on any atom is -0.313 e. The number of nitrogens with one attached hydrogen (secondary N) is 1. The predicted octanol–water partition coefficient (Wildman–Crippen LogP) is 4.04. The second-order valence-corrected chi connectivity index (χ2v) is 6.10. The second kappa shape index (κ2) is 6.90. The predicted molar refractivity (Wildman–Crippen MR) is 87.2 cm³/mol. The minimum atomic E-state index is -0.396. The summed E-state index contributed by atoms with van der Waals surface area (Å²) in [5, 5.41) is 7.85. The van der Waals surface area contributed by atoms with Crippen molar-refractivity contribution in [3.63, 3.8) is 0 Å². The number of rotatable bonds is 5. The SMILES string of the molecule is CCc1nn(C)c(CC(NC)c2ccc(Cl)c(F)c2)c1Br. The molecule has 1 aromatic carbocycles. The Balaban J connectivity index is 2.31. The van der Waals surface area contributed by atoms with Gasteiger partial charge >= 0.3 is 0 Å². The minimum absolute atomic E-state index is 0.00632. The van der Waals surface area contributed by atoms with Crippen molar-refractivity contribution < 1.29 is 4.39 Å². The van der Waals surface area contributed by atoms with Crippen LogP contribution in [0.15, 0.2) is 22.7 Å². The maximum Gasteiger partial charge on any atom is 0.142 e. The normalized spacial score (nSPS) is 12.7. The molecule has 3 nitrogen and oxygen atoms in total. The first-order chi connectivity index (χ1) is 9.97. The number of aryl methyl sites for hydroxylation is 2. The Kier molecular flexibility index (Phi) is 5.41. The summed E-state index contributed by atoms with van der Waals surface area (Å²) < 4.78 is 16.5. The van der Waals surface area contributed by atoms with Crippen LogP contribution in [0.3, 0.4) is 0 Å². The first kappa shape index (κ1) is 16.5. The summed E-state index contributed by atoms with van der Waals surface area (Å²) in [7, 11) is 3.79. The third-order valence-corrected chi connectivity index (χ3v) is 4.82. The fourth-order valence-electron chi connectivity index (χ4n) is 2.35. The average molecular weight is 375 g/mol. The number of likely N-dealkylation sites (N-methyl/N-ethyl adjacent to an activating group) is 1. The van der Waals surface area contributed by atoms with E-state index < -0.39 is 5.82 Å². The van der Waals surface area contributed by atoms with Gasteiger partial charge in [0.05, 0.1) is 20.9 Å². The zero-order chi connectivity index (χ0) is 15.6. The lowest BCUT2D eigenvalue weighted by atomic mass is 10.0. The molecular formula is C15H18BrClFN3. The summed E-state index contributed by atoms with van der Waals surface area (Å²) in [4.78, 5) is 0. The van der Waals surface area contributed by atoms with Gasteiger partial charge in [-0.3, -0.25) is 4.68 Å². The van der Waals surface area contributed by atoms with E-state index >= 15 is 0 Å². The van der Waals surface area contributed by atoms with Gasteiger partial charge in [-0.05, 0) is 47.1 Å². The van der Waals surface area contributed by atoms with Crippen LogP contribution in [0.1, 0.15) is 29.9 Å². The molecule has 1 atom stereocenters. The molecule has 2 aromatic rings. The molecule has 1 aromatic heterocycles. The van der Waals surface area contributed by atoms with Crippen molar-refractivity contribution in [2.45, 2.75) is 25.8 Å². The van der Waals surface area contributed by atoms with Crippen LogP contribution in [-0.2, 0) is 19.9 Å². The molecule has 1 unspecified atom stereocenters. The molecule has 21 heavy (non-hydrogen) atoms. The molecule has 0 aliphatic carbocycles. The maximum atomic E-state index is 13.6. The highest BCUT2D eigenvalue weighted by Gasteiger charge is 2.18. The Morgan fingerprint density at radius 3 is 2.71 bits per heavy atom. The number of halogens is 3. The van der Waals surface area contributed by atoms with Crippen LogP contribution in [0.2, 0.25) is 5.02 Å². The molecule has 0 aliphatic rings. The largest absolute Gasteiger partial charge is 0.313 e. The van der Waals surface area contributed by atoms with Gasteiger partial charge < -0.3 is 5.32 Å². The number of hydrogen-bond donors (Lipinski definition) is 1. The third-order valence-electron chi connectivity index (χ3n) is 3.59. The number of nitrogens with zero attached hydrogens (tertiary/aromatic N) is 2. The summed E-state index contributed by atoms with van der Waals surface area (Å²) in [6.07, 6.45) is 1.58. The van der Waals surface area contributed by atoms with Gasteiger partial charge in [-0.15, -0.1) is 0 Å². The number of hydrogen-bond acceptors (Lipinski definition) is 2. The van der Waals surface area contributed by atoms with Crippen LogP contribution in [0.4, 0.5) is 4.39 Å². The standard InChI is InChI=1S/C15H18BrClFN3/c1-4-12-15(16)14(21(3)20-12)8-13(19-2)9-5-6-10(17)11(18)7-9/h5-7,13,19H,4,8H2,1-3H3. The van der Waals surface area contributed by atoms with Gasteiger partial charge in [0.25, 0.3) is 0 Å². The molecular weight excluding hydrogens is 357 g/mol. The van der Waals surface area contributed by atoms with Crippen molar-refractivity contribution in [3.8, 4) is 0 Å². The van der Waals surface area contributed by atoms with E-state index in [2.05, 4.69) is 33.3 Å². The van der Waals surface area contributed by atoms with Gasteiger partial charge in [-0.1, -0.05) is 24.6 Å². The molecule has 0 radical (unpaired) electrons. The fraction of sp³-hybridized carbons (Fsp3) is 0.400. The van der Waals surface area contributed by atoms with Gasteiger partial charge in [0.1, 0.15) is 5.82 Å². The summed E-state index contributed by atoms with van der Waals surface area (Å²) in [6, 6.07) is 4.91. The average Bonchev–Trinajstić information content (AvgIpc) is 2.74. The summed E-state index contributed by atoms with van der Waals surface area (Å²) in [6.45, 7) is 2.07. The quantitative estimate of drug-likeness (QED) is 0.856. The fourth-order valence-corrected chi connectivity index (χ4v) is 3.25. The van der Waals surface area contributed by atoms with Crippen LogP contribution >= 0.6 is 27.5 Å². The summed E-state index contributed by atoms with van der Waals surface area (Å²) in [5.74, 6) is -0.396. The smallest absolute Gasteiger partial charge is 0.142 e. The van der Waals surface area contributed by atoms with Gasteiger partial charge in [-0.2, -0.15) is 5.10 Å². The highest BCUT2D eigenvalue weighted by Crippen LogP contribution is 2.28. The topological polar surface area (TPSA) is 29.9 Å². The van der Waals surface area contributed by atoms with Gasteiger partial charge in [-0.25, -0.2) is 4.39 Å². The van der Waals surface area contributed by atoms with Crippen molar-refractivity contribution in [1.82, 2.24) is 15.1 Å². The molecule has 2 rings (SSSR count).